The summed E-state index contributed by atoms with van der Waals surface area (Å²) in [6.07, 6.45) is 0. The maximum atomic E-state index is 13.4. The first-order valence-electron chi connectivity index (χ1n) is 5.05. The highest BCUT2D eigenvalue weighted by molar-refractivity contribution is 9.10. The highest BCUT2D eigenvalue weighted by atomic mass is 79.9. The lowest BCUT2D eigenvalue weighted by atomic mass is 10.0. The molecule has 0 saturated carbocycles. The smallest absolute Gasteiger partial charge is 0.137 e. The lowest BCUT2D eigenvalue weighted by molar-refractivity contribution is 0.201. The molecule has 1 unspecified atom stereocenters. The number of hydrogen-bond donors (Lipinski definition) is 1. The Hall–Kier alpha value is -0.450. The van der Waals surface area contributed by atoms with Crippen LogP contribution in [0.15, 0.2) is 22.7 Å². The van der Waals surface area contributed by atoms with Crippen LogP contribution in [0.5, 0.6) is 0 Å². The van der Waals surface area contributed by atoms with E-state index in [1.54, 1.807) is 6.07 Å². The van der Waals surface area contributed by atoms with Gasteiger partial charge in [0.05, 0.1) is 4.47 Å². The molecule has 1 fully saturated rings. The van der Waals surface area contributed by atoms with Crippen molar-refractivity contribution >= 4 is 15.9 Å². The van der Waals surface area contributed by atoms with Crippen molar-refractivity contribution in [2.24, 2.45) is 0 Å². The van der Waals surface area contributed by atoms with Crippen molar-refractivity contribution < 1.29 is 4.39 Å². The first-order chi connectivity index (χ1) is 7.20. The number of piperazine rings is 1. The summed E-state index contributed by atoms with van der Waals surface area (Å²) >= 11 is 3.31. The number of halogens is 2. The average Bonchev–Trinajstić information content (AvgIpc) is 2.23. The summed E-state index contributed by atoms with van der Waals surface area (Å²) in [4.78, 5) is 2.25. The normalized spacial score (nSPS) is 23.0. The molecule has 1 heterocycles. The largest absolute Gasteiger partial charge is 0.314 e. The summed E-state index contributed by atoms with van der Waals surface area (Å²) < 4.78 is 14.0. The maximum Gasteiger partial charge on any atom is 0.137 e. The molecule has 82 valence electrons. The number of hydrogen-bond acceptors (Lipinski definition) is 2. The highest BCUT2D eigenvalue weighted by Gasteiger charge is 2.23. The van der Waals surface area contributed by atoms with Gasteiger partial charge >= 0.3 is 0 Å². The van der Waals surface area contributed by atoms with Crippen LogP contribution < -0.4 is 5.32 Å². The Kier molecular flexibility index (Phi) is 3.38. The van der Waals surface area contributed by atoms with Gasteiger partial charge in [-0.2, -0.15) is 0 Å². The average molecular weight is 273 g/mol. The Bertz CT molecular complexity index is 356. The zero-order valence-corrected chi connectivity index (χ0v) is 10.2. The molecule has 1 aliphatic rings. The van der Waals surface area contributed by atoms with Gasteiger partial charge in [-0.05, 0) is 34.6 Å². The molecular weight excluding hydrogens is 259 g/mol. The highest BCUT2D eigenvalue weighted by Crippen LogP contribution is 2.29. The molecule has 2 rings (SSSR count). The number of nitrogens with zero attached hydrogens (tertiary/aromatic N) is 1. The van der Waals surface area contributed by atoms with Gasteiger partial charge in [0.25, 0.3) is 0 Å². The Labute approximate surface area is 97.6 Å². The standard InChI is InChI=1S/C11H14BrFN2/c1-15-6-5-14-7-10(15)8-3-2-4-9(13)11(8)12/h2-4,10,14H,5-7H2,1H3. The van der Waals surface area contributed by atoms with Crippen molar-refractivity contribution in [1.82, 2.24) is 10.2 Å². The summed E-state index contributed by atoms with van der Waals surface area (Å²) in [7, 11) is 2.07. The van der Waals surface area contributed by atoms with E-state index < -0.39 is 0 Å². The predicted molar refractivity (Wildman–Crippen MR) is 62.3 cm³/mol. The molecule has 0 amide bonds. The predicted octanol–water partition coefficient (Wildman–Crippen LogP) is 2.16. The van der Waals surface area contributed by atoms with Gasteiger partial charge in [-0.1, -0.05) is 12.1 Å². The second kappa shape index (κ2) is 4.60. The summed E-state index contributed by atoms with van der Waals surface area (Å²) in [6, 6.07) is 5.46. The van der Waals surface area contributed by atoms with Gasteiger partial charge < -0.3 is 5.32 Å². The Balaban J connectivity index is 2.31. The molecule has 0 aromatic heterocycles. The van der Waals surface area contributed by atoms with E-state index in [2.05, 4.69) is 33.2 Å². The van der Waals surface area contributed by atoms with Crippen LogP contribution in [0.1, 0.15) is 11.6 Å². The minimum atomic E-state index is -0.188. The van der Waals surface area contributed by atoms with E-state index in [1.165, 1.54) is 6.07 Å². The van der Waals surface area contributed by atoms with Crippen LogP contribution in [-0.2, 0) is 0 Å². The van der Waals surface area contributed by atoms with Crippen LogP contribution in [0.2, 0.25) is 0 Å². The van der Waals surface area contributed by atoms with E-state index in [4.69, 9.17) is 0 Å². The molecule has 0 radical (unpaired) electrons. The van der Waals surface area contributed by atoms with Crippen molar-refractivity contribution in [3.05, 3.63) is 34.1 Å². The minimum absolute atomic E-state index is 0.188. The van der Waals surface area contributed by atoms with Crippen molar-refractivity contribution in [1.29, 1.82) is 0 Å². The number of likely N-dealkylation sites (N-methyl/N-ethyl adjacent to an activating group) is 1. The fourth-order valence-corrected chi connectivity index (χ4v) is 2.46. The minimum Gasteiger partial charge on any atom is -0.314 e. The second-order valence-electron chi connectivity index (χ2n) is 3.84. The first-order valence-corrected chi connectivity index (χ1v) is 5.84. The Morgan fingerprint density at radius 2 is 2.33 bits per heavy atom. The van der Waals surface area contributed by atoms with E-state index in [9.17, 15) is 4.39 Å². The number of benzene rings is 1. The van der Waals surface area contributed by atoms with Crippen LogP contribution in [0, 0.1) is 5.82 Å². The zero-order chi connectivity index (χ0) is 10.8. The van der Waals surface area contributed by atoms with Gasteiger partial charge in [0.2, 0.25) is 0 Å². The van der Waals surface area contributed by atoms with Crippen molar-refractivity contribution in [3.63, 3.8) is 0 Å². The lowest BCUT2D eigenvalue weighted by Gasteiger charge is -2.33. The fraction of sp³-hybridized carbons (Fsp3) is 0.455. The summed E-state index contributed by atoms with van der Waals surface area (Å²) in [5.74, 6) is -0.188. The zero-order valence-electron chi connectivity index (χ0n) is 8.63. The van der Waals surface area contributed by atoms with Gasteiger partial charge in [-0.25, -0.2) is 4.39 Å². The van der Waals surface area contributed by atoms with Gasteiger partial charge in [0.1, 0.15) is 5.82 Å². The topological polar surface area (TPSA) is 15.3 Å². The van der Waals surface area contributed by atoms with E-state index in [0.29, 0.717) is 4.47 Å². The van der Waals surface area contributed by atoms with Crippen LogP contribution in [0.3, 0.4) is 0 Å². The van der Waals surface area contributed by atoms with Crippen LogP contribution >= 0.6 is 15.9 Å². The van der Waals surface area contributed by atoms with Crippen molar-refractivity contribution in [3.8, 4) is 0 Å². The third-order valence-corrected chi connectivity index (χ3v) is 3.69. The van der Waals surface area contributed by atoms with Crippen LogP contribution in [0.25, 0.3) is 0 Å². The molecule has 1 aliphatic heterocycles. The second-order valence-corrected chi connectivity index (χ2v) is 4.64. The third-order valence-electron chi connectivity index (χ3n) is 2.85. The van der Waals surface area contributed by atoms with Crippen molar-refractivity contribution in [2.45, 2.75) is 6.04 Å². The molecule has 0 aliphatic carbocycles. The Morgan fingerprint density at radius 3 is 3.07 bits per heavy atom. The monoisotopic (exact) mass is 272 g/mol. The Morgan fingerprint density at radius 1 is 1.53 bits per heavy atom. The van der Waals surface area contributed by atoms with Gasteiger partial charge in [-0.15, -0.1) is 0 Å². The maximum absolute atomic E-state index is 13.4. The quantitative estimate of drug-likeness (QED) is 0.843. The number of rotatable bonds is 1. The van der Waals surface area contributed by atoms with Crippen LogP contribution in [-0.4, -0.2) is 31.6 Å². The third kappa shape index (κ3) is 2.22. The molecule has 0 spiro atoms. The lowest BCUT2D eigenvalue weighted by Crippen LogP contribution is -2.43. The van der Waals surface area contributed by atoms with E-state index >= 15 is 0 Å². The van der Waals surface area contributed by atoms with E-state index in [-0.39, 0.29) is 11.9 Å². The van der Waals surface area contributed by atoms with Gasteiger partial charge in [0.15, 0.2) is 0 Å². The van der Waals surface area contributed by atoms with Crippen molar-refractivity contribution in [2.75, 3.05) is 26.7 Å². The SMILES string of the molecule is CN1CCNCC1c1cccc(F)c1Br. The molecule has 1 saturated heterocycles. The van der Waals surface area contributed by atoms with Gasteiger partial charge in [-0.3, -0.25) is 4.90 Å². The molecule has 1 aromatic rings. The molecule has 15 heavy (non-hydrogen) atoms. The molecule has 0 bridgehead atoms. The summed E-state index contributed by atoms with van der Waals surface area (Å²) in [5, 5.41) is 3.33. The molecular formula is C11H14BrFN2. The van der Waals surface area contributed by atoms with E-state index in [1.807, 2.05) is 6.07 Å². The molecule has 1 N–H and O–H groups in total. The molecule has 2 nitrogen and oxygen atoms in total. The molecule has 4 heteroatoms. The van der Waals surface area contributed by atoms with Crippen LogP contribution in [0.4, 0.5) is 4.39 Å². The van der Waals surface area contributed by atoms with E-state index in [0.717, 1.165) is 25.2 Å². The number of nitrogens with one attached hydrogen (secondary N) is 1. The summed E-state index contributed by atoms with van der Waals surface area (Å²) in [5.41, 5.74) is 1.02. The molecule has 1 aromatic carbocycles. The first kappa shape index (κ1) is 11.0. The summed E-state index contributed by atoms with van der Waals surface area (Å²) in [6.45, 7) is 2.87. The fourth-order valence-electron chi connectivity index (χ4n) is 1.93. The molecule has 1 atom stereocenters. The van der Waals surface area contributed by atoms with Gasteiger partial charge in [0, 0.05) is 25.7 Å².